The standard InChI is InChI=1S/C6H10N2OS/c1-4(9-7)6-3-8-5(2)10-6/h3-4H,7H2,1-2H3. The van der Waals surface area contributed by atoms with Crippen molar-refractivity contribution in [1.82, 2.24) is 4.98 Å². The van der Waals surface area contributed by atoms with Gasteiger partial charge >= 0.3 is 0 Å². The molecule has 0 aliphatic carbocycles. The first kappa shape index (κ1) is 7.65. The van der Waals surface area contributed by atoms with Crippen LogP contribution in [0.25, 0.3) is 0 Å². The van der Waals surface area contributed by atoms with Crippen molar-refractivity contribution >= 4 is 11.3 Å². The molecule has 0 aliphatic rings. The molecule has 56 valence electrons. The lowest BCUT2D eigenvalue weighted by Crippen LogP contribution is -2.03. The Morgan fingerprint density at radius 3 is 2.90 bits per heavy atom. The Kier molecular flexibility index (Phi) is 2.37. The third-order valence-electron chi connectivity index (χ3n) is 1.24. The topological polar surface area (TPSA) is 48.1 Å². The van der Waals surface area contributed by atoms with Crippen molar-refractivity contribution in [2.45, 2.75) is 20.0 Å². The molecular formula is C6H10N2OS. The van der Waals surface area contributed by atoms with Crippen LogP contribution in [0.5, 0.6) is 0 Å². The van der Waals surface area contributed by atoms with E-state index < -0.39 is 0 Å². The molecule has 0 saturated heterocycles. The maximum absolute atomic E-state index is 4.99. The van der Waals surface area contributed by atoms with Gasteiger partial charge in [-0.3, -0.25) is 4.84 Å². The number of hydrogen-bond donors (Lipinski definition) is 1. The Bertz CT molecular complexity index is 211. The molecular weight excluding hydrogens is 148 g/mol. The van der Waals surface area contributed by atoms with E-state index in [9.17, 15) is 0 Å². The molecule has 0 aromatic carbocycles. The summed E-state index contributed by atoms with van der Waals surface area (Å²) in [6, 6.07) is 0. The van der Waals surface area contributed by atoms with E-state index in [4.69, 9.17) is 5.90 Å². The van der Waals surface area contributed by atoms with E-state index in [1.54, 1.807) is 17.5 Å². The van der Waals surface area contributed by atoms with E-state index in [2.05, 4.69) is 9.82 Å². The fourth-order valence-electron chi connectivity index (χ4n) is 0.633. The van der Waals surface area contributed by atoms with E-state index >= 15 is 0 Å². The molecule has 10 heavy (non-hydrogen) atoms. The molecule has 0 amide bonds. The van der Waals surface area contributed by atoms with Crippen LogP contribution >= 0.6 is 11.3 Å². The second-order valence-electron chi connectivity index (χ2n) is 2.06. The lowest BCUT2D eigenvalue weighted by atomic mass is 10.4. The Labute approximate surface area is 63.8 Å². The van der Waals surface area contributed by atoms with Gasteiger partial charge in [-0.2, -0.15) is 0 Å². The summed E-state index contributed by atoms with van der Waals surface area (Å²) in [7, 11) is 0. The average Bonchev–Trinajstić information content (AvgIpc) is 2.34. The second kappa shape index (κ2) is 3.09. The SMILES string of the molecule is Cc1ncc(C(C)ON)s1. The average molecular weight is 158 g/mol. The molecule has 0 bridgehead atoms. The number of nitrogens with two attached hydrogens (primary N) is 1. The van der Waals surface area contributed by atoms with Crippen LogP contribution in [0, 0.1) is 6.92 Å². The van der Waals surface area contributed by atoms with Gasteiger partial charge in [-0.25, -0.2) is 10.9 Å². The van der Waals surface area contributed by atoms with Crippen molar-refractivity contribution < 1.29 is 4.84 Å². The molecule has 3 nitrogen and oxygen atoms in total. The highest BCUT2D eigenvalue weighted by atomic mass is 32.1. The molecule has 1 aromatic rings. The van der Waals surface area contributed by atoms with E-state index in [0.717, 1.165) is 9.88 Å². The van der Waals surface area contributed by atoms with Gasteiger partial charge in [0.25, 0.3) is 0 Å². The van der Waals surface area contributed by atoms with Crippen LogP contribution in [-0.2, 0) is 4.84 Å². The minimum atomic E-state index is -0.0359. The Morgan fingerprint density at radius 2 is 2.50 bits per heavy atom. The monoisotopic (exact) mass is 158 g/mol. The minimum absolute atomic E-state index is 0.0359. The summed E-state index contributed by atoms with van der Waals surface area (Å²) in [4.78, 5) is 9.76. The van der Waals surface area contributed by atoms with Crippen molar-refractivity contribution in [3.05, 3.63) is 16.1 Å². The molecule has 1 rings (SSSR count). The molecule has 1 aromatic heterocycles. The van der Waals surface area contributed by atoms with Crippen LogP contribution < -0.4 is 5.90 Å². The number of rotatable bonds is 2. The molecule has 1 atom stereocenters. The summed E-state index contributed by atoms with van der Waals surface area (Å²) in [6.45, 7) is 3.85. The molecule has 0 aliphatic heterocycles. The third kappa shape index (κ3) is 1.53. The highest BCUT2D eigenvalue weighted by Crippen LogP contribution is 2.20. The van der Waals surface area contributed by atoms with Gasteiger partial charge in [0.2, 0.25) is 0 Å². The number of aryl methyl sites for hydroxylation is 1. The van der Waals surface area contributed by atoms with Crippen molar-refractivity contribution in [3.8, 4) is 0 Å². The van der Waals surface area contributed by atoms with Gasteiger partial charge in [0, 0.05) is 6.20 Å². The van der Waals surface area contributed by atoms with Crippen molar-refractivity contribution in [3.63, 3.8) is 0 Å². The highest BCUT2D eigenvalue weighted by molar-refractivity contribution is 7.11. The van der Waals surface area contributed by atoms with E-state index in [-0.39, 0.29) is 6.10 Å². The summed E-state index contributed by atoms with van der Waals surface area (Å²) >= 11 is 1.60. The first-order valence-electron chi connectivity index (χ1n) is 3.02. The fraction of sp³-hybridized carbons (Fsp3) is 0.500. The van der Waals surface area contributed by atoms with Gasteiger partial charge in [-0.1, -0.05) is 0 Å². The van der Waals surface area contributed by atoms with Crippen LogP contribution in [0.3, 0.4) is 0 Å². The van der Waals surface area contributed by atoms with Crippen molar-refractivity contribution in [1.29, 1.82) is 0 Å². The Balaban J connectivity index is 2.74. The maximum atomic E-state index is 4.99. The molecule has 0 saturated carbocycles. The molecule has 0 fully saturated rings. The van der Waals surface area contributed by atoms with Crippen molar-refractivity contribution in [2.75, 3.05) is 0 Å². The maximum Gasteiger partial charge on any atom is 0.112 e. The number of hydrogen-bond acceptors (Lipinski definition) is 4. The number of nitrogens with zero attached hydrogens (tertiary/aromatic N) is 1. The Hall–Kier alpha value is -0.450. The van der Waals surface area contributed by atoms with Crippen LogP contribution in [0.1, 0.15) is 22.9 Å². The van der Waals surface area contributed by atoms with E-state index in [0.29, 0.717) is 0 Å². The van der Waals surface area contributed by atoms with Crippen molar-refractivity contribution in [2.24, 2.45) is 5.90 Å². The predicted molar refractivity (Wildman–Crippen MR) is 40.5 cm³/mol. The van der Waals surface area contributed by atoms with Gasteiger partial charge in [0.15, 0.2) is 0 Å². The third-order valence-corrected chi connectivity index (χ3v) is 2.32. The summed E-state index contributed by atoms with van der Waals surface area (Å²) < 4.78 is 0. The first-order chi connectivity index (χ1) is 4.74. The normalized spacial score (nSPS) is 13.5. The molecule has 1 heterocycles. The summed E-state index contributed by atoms with van der Waals surface area (Å²) in [6.07, 6.45) is 1.75. The number of aromatic nitrogens is 1. The zero-order valence-corrected chi connectivity index (χ0v) is 6.81. The van der Waals surface area contributed by atoms with Gasteiger partial charge < -0.3 is 0 Å². The molecule has 4 heteroatoms. The van der Waals surface area contributed by atoms with E-state index in [1.165, 1.54) is 0 Å². The smallest absolute Gasteiger partial charge is 0.112 e. The fourth-order valence-corrected chi connectivity index (χ4v) is 1.41. The van der Waals surface area contributed by atoms with Gasteiger partial charge in [-0.15, -0.1) is 11.3 Å². The first-order valence-corrected chi connectivity index (χ1v) is 3.83. The zero-order chi connectivity index (χ0) is 7.56. The van der Waals surface area contributed by atoms with Gasteiger partial charge in [-0.05, 0) is 13.8 Å². The summed E-state index contributed by atoms with van der Waals surface area (Å²) in [5, 5.41) is 1.04. The van der Waals surface area contributed by atoms with Crippen LogP contribution in [0.15, 0.2) is 6.20 Å². The molecule has 1 unspecified atom stereocenters. The quantitative estimate of drug-likeness (QED) is 0.662. The van der Waals surface area contributed by atoms with Crippen LogP contribution in [-0.4, -0.2) is 4.98 Å². The number of thiazole rings is 1. The van der Waals surface area contributed by atoms with Crippen LogP contribution in [0.2, 0.25) is 0 Å². The predicted octanol–water partition coefficient (Wildman–Crippen LogP) is 1.40. The summed E-state index contributed by atoms with van der Waals surface area (Å²) in [5.74, 6) is 4.99. The molecule has 0 spiro atoms. The molecule has 2 N–H and O–H groups in total. The summed E-state index contributed by atoms with van der Waals surface area (Å²) in [5.41, 5.74) is 0. The Morgan fingerprint density at radius 1 is 1.80 bits per heavy atom. The highest BCUT2D eigenvalue weighted by Gasteiger charge is 2.06. The lowest BCUT2D eigenvalue weighted by molar-refractivity contribution is 0.0687. The largest absolute Gasteiger partial charge is 0.296 e. The molecule has 0 radical (unpaired) electrons. The minimum Gasteiger partial charge on any atom is -0.296 e. The van der Waals surface area contributed by atoms with Gasteiger partial charge in [0.05, 0.1) is 9.88 Å². The van der Waals surface area contributed by atoms with E-state index in [1.807, 2.05) is 13.8 Å². The van der Waals surface area contributed by atoms with Gasteiger partial charge in [0.1, 0.15) is 6.10 Å². The van der Waals surface area contributed by atoms with Crippen LogP contribution in [0.4, 0.5) is 0 Å². The zero-order valence-electron chi connectivity index (χ0n) is 6.00. The second-order valence-corrected chi connectivity index (χ2v) is 3.33. The lowest BCUT2D eigenvalue weighted by Gasteiger charge is -2.02.